The SMILES string of the molecule is Cc1ccn(-c2cc(Cl)nc(Cl)c2)n1. The molecule has 0 atom stereocenters. The molecule has 2 rings (SSSR count). The van der Waals surface area contributed by atoms with Gasteiger partial charge in [-0.2, -0.15) is 5.10 Å². The van der Waals surface area contributed by atoms with Gasteiger partial charge in [-0.05, 0) is 13.0 Å². The van der Waals surface area contributed by atoms with Crippen molar-refractivity contribution < 1.29 is 0 Å². The number of hydrogen-bond acceptors (Lipinski definition) is 2. The van der Waals surface area contributed by atoms with Gasteiger partial charge < -0.3 is 0 Å². The molecule has 72 valence electrons. The largest absolute Gasteiger partial charge is 0.241 e. The fraction of sp³-hybridized carbons (Fsp3) is 0.111. The van der Waals surface area contributed by atoms with E-state index in [0.29, 0.717) is 10.3 Å². The summed E-state index contributed by atoms with van der Waals surface area (Å²) in [7, 11) is 0. The summed E-state index contributed by atoms with van der Waals surface area (Å²) in [6.07, 6.45) is 1.84. The standard InChI is InChI=1S/C9H7Cl2N3/c1-6-2-3-14(13-6)7-4-8(10)12-9(11)5-7/h2-5H,1H3. The molecule has 0 aliphatic rings. The minimum atomic E-state index is 0.362. The molecule has 0 saturated carbocycles. The van der Waals surface area contributed by atoms with Gasteiger partial charge >= 0.3 is 0 Å². The average molecular weight is 228 g/mol. The van der Waals surface area contributed by atoms with Crippen LogP contribution in [-0.2, 0) is 0 Å². The van der Waals surface area contributed by atoms with Crippen LogP contribution in [-0.4, -0.2) is 14.8 Å². The van der Waals surface area contributed by atoms with Crippen molar-refractivity contribution in [1.29, 1.82) is 0 Å². The first-order valence-corrected chi connectivity index (χ1v) is 4.76. The van der Waals surface area contributed by atoms with E-state index in [1.54, 1.807) is 16.8 Å². The maximum absolute atomic E-state index is 5.77. The molecule has 2 aromatic rings. The molecule has 5 heteroatoms. The van der Waals surface area contributed by atoms with E-state index < -0.39 is 0 Å². The number of pyridine rings is 1. The highest BCUT2D eigenvalue weighted by Crippen LogP contribution is 2.17. The Hall–Kier alpha value is -1.06. The van der Waals surface area contributed by atoms with E-state index in [4.69, 9.17) is 23.2 Å². The summed E-state index contributed by atoms with van der Waals surface area (Å²) in [6.45, 7) is 1.92. The zero-order valence-electron chi connectivity index (χ0n) is 7.41. The van der Waals surface area contributed by atoms with Crippen LogP contribution in [0, 0.1) is 6.92 Å². The Morgan fingerprint density at radius 3 is 2.36 bits per heavy atom. The number of halogens is 2. The molecular weight excluding hydrogens is 221 g/mol. The fourth-order valence-corrected chi connectivity index (χ4v) is 1.59. The lowest BCUT2D eigenvalue weighted by molar-refractivity contribution is 0.860. The van der Waals surface area contributed by atoms with Crippen molar-refractivity contribution in [2.75, 3.05) is 0 Å². The van der Waals surface area contributed by atoms with Crippen LogP contribution in [0.15, 0.2) is 24.4 Å². The molecular formula is C9H7Cl2N3. The zero-order chi connectivity index (χ0) is 10.1. The second kappa shape index (κ2) is 3.59. The zero-order valence-corrected chi connectivity index (χ0v) is 8.92. The Morgan fingerprint density at radius 2 is 1.86 bits per heavy atom. The third-order valence-electron chi connectivity index (χ3n) is 1.73. The van der Waals surface area contributed by atoms with E-state index in [-0.39, 0.29) is 0 Å². The number of rotatable bonds is 1. The molecule has 0 N–H and O–H groups in total. The molecule has 0 aliphatic carbocycles. The summed E-state index contributed by atoms with van der Waals surface area (Å²) in [6, 6.07) is 5.32. The van der Waals surface area contributed by atoms with Gasteiger partial charge in [-0.1, -0.05) is 23.2 Å². The van der Waals surface area contributed by atoms with E-state index in [0.717, 1.165) is 11.4 Å². The van der Waals surface area contributed by atoms with Gasteiger partial charge in [0.15, 0.2) is 0 Å². The van der Waals surface area contributed by atoms with Crippen molar-refractivity contribution in [2.45, 2.75) is 6.92 Å². The summed E-state index contributed by atoms with van der Waals surface area (Å²) < 4.78 is 1.70. The molecule has 0 saturated heterocycles. The first kappa shape index (κ1) is 9.49. The lowest BCUT2D eigenvalue weighted by Gasteiger charge is -2.01. The van der Waals surface area contributed by atoms with Gasteiger partial charge in [0, 0.05) is 18.3 Å². The number of hydrogen-bond donors (Lipinski definition) is 0. The van der Waals surface area contributed by atoms with Gasteiger partial charge in [-0.25, -0.2) is 9.67 Å². The number of aryl methyl sites for hydroxylation is 1. The molecule has 2 aromatic heterocycles. The first-order chi connectivity index (χ1) is 6.65. The molecule has 0 unspecified atom stereocenters. The fourth-order valence-electron chi connectivity index (χ4n) is 1.14. The van der Waals surface area contributed by atoms with Crippen molar-refractivity contribution >= 4 is 23.2 Å². The molecule has 0 spiro atoms. The molecule has 0 aliphatic heterocycles. The summed E-state index contributed by atoms with van der Waals surface area (Å²) in [4.78, 5) is 3.86. The van der Waals surface area contributed by atoms with Crippen LogP contribution in [0.25, 0.3) is 5.69 Å². The predicted molar refractivity (Wildman–Crippen MR) is 56.1 cm³/mol. The second-order valence-corrected chi connectivity index (χ2v) is 3.65. The Balaban J connectivity index is 2.51. The lowest BCUT2D eigenvalue weighted by Crippen LogP contribution is -1.95. The maximum Gasteiger partial charge on any atom is 0.132 e. The van der Waals surface area contributed by atoms with Crippen molar-refractivity contribution in [3.05, 3.63) is 40.4 Å². The van der Waals surface area contributed by atoms with Crippen LogP contribution in [0.3, 0.4) is 0 Å². The Morgan fingerprint density at radius 1 is 1.21 bits per heavy atom. The average Bonchev–Trinajstić information content (AvgIpc) is 2.50. The van der Waals surface area contributed by atoms with Crippen LogP contribution < -0.4 is 0 Å². The normalized spacial score (nSPS) is 10.5. The third kappa shape index (κ3) is 1.89. The van der Waals surface area contributed by atoms with E-state index >= 15 is 0 Å². The minimum absolute atomic E-state index is 0.362. The van der Waals surface area contributed by atoms with Crippen molar-refractivity contribution in [2.24, 2.45) is 0 Å². The van der Waals surface area contributed by atoms with Crippen molar-refractivity contribution in [3.8, 4) is 5.69 Å². The van der Waals surface area contributed by atoms with Crippen LogP contribution in [0.1, 0.15) is 5.69 Å². The molecule has 2 heterocycles. The van der Waals surface area contributed by atoms with Crippen molar-refractivity contribution in [1.82, 2.24) is 14.8 Å². The maximum atomic E-state index is 5.77. The van der Waals surface area contributed by atoms with Gasteiger partial charge in [0.05, 0.1) is 11.4 Å². The third-order valence-corrected chi connectivity index (χ3v) is 2.12. The quantitative estimate of drug-likeness (QED) is 0.702. The Bertz CT molecular complexity index is 445. The summed E-state index contributed by atoms with van der Waals surface area (Å²) in [5.74, 6) is 0. The van der Waals surface area contributed by atoms with Crippen molar-refractivity contribution in [3.63, 3.8) is 0 Å². The molecule has 0 fully saturated rings. The van der Waals surface area contributed by atoms with Crippen LogP contribution in [0.4, 0.5) is 0 Å². The second-order valence-electron chi connectivity index (χ2n) is 2.87. The van der Waals surface area contributed by atoms with Crippen LogP contribution >= 0.6 is 23.2 Å². The van der Waals surface area contributed by atoms with Gasteiger partial charge in [0.25, 0.3) is 0 Å². The van der Waals surface area contributed by atoms with Gasteiger partial charge in [-0.15, -0.1) is 0 Å². The van der Waals surface area contributed by atoms with Gasteiger partial charge in [0.1, 0.15) is 10.3 Å². The van der Waals surface area contributed by atoms with Gasteiger partial charge in [-0.3, -0.25) is 0 Å². The van der Waals surface area contributed by atoms with Gasteiger partial charge in [0.2, 0.25) is 0 Å². The lowest BCUT2D eigenvalue weighted by atomic mass is 10.4. The highest BCUT2D eigenvalue weighted by atomic mass is 35.5. The summed E-state index contributed by atoms with van der Waals surface area (Å²) in [5.41, 5.74) is 1.75. The predicted octanol–water partition coefficient (Wildman–Crippen LogP) is 2.88. The minimum Gasteiger partial charge on any atom is -0.241 e. The highest BCUT2D eigenvalue weighted by Gasteiger charge is 2.02. The molecule has 0 bridgehead atoms. The number of nitrogens with zero attached hydrogens (tertiary/aromatic N) is 3. The van der Waals surface area contributed by atoms with E-state index in [9.17, 15) is 0 Å². The topological polar surface area (TPSA) is 30.7 Å². The van der Waals surface area contributed by atoms with E-state index in [1.165, 1.54) is 0 Å². The molecule has 14 heavy (non-hydrogen) atoms. The van der Waals surface area contributed by atoms with Crippen LogP contribution in [0.5, 0.6) is 0 Å². The smallest absolute Gasteiger partial charge is 0.132 e. The Kier molecular flexibility index (Phi) is 2.44. The molecule has 3 nitrogen and oxygen atoms in total. The van der Waals surface area contributed by atoms with E-state index in [2.05, 4.69) is 10.1 Å². The van der Waals surface area contributed by atoms with Crippen LogP contribution in [0.2, 0.25) is 10.3 Å². The molecule has 0 radical (unpaired) electrons. The highest BCUT2D eigenvalue weighted by molar-refractivity contribution is 6.32. The molecule has 0 aromatic carbocycles. The molecule has 0 amide bonds. The monoisotopic (exact) mass is 227 g/mol. The summed E-state index contributed by atoms with van der Waals surface area (Å²) in [5, 5.41) is 4.96. The summed E-state index contributed by atoms with van der Waals surface area (Å²) >= 11 is 11.5. The first-order valence-electron chi connectivity index (χ1n) is 4.01. The number of aromatic nitrogens is 3. The van der Waals surface area contributed by atoms with E-state index in [1.807, 2.05) is 19.2 Å². The Labute approximate surface area is 91.3 Å².